The van der Waals surface area contributed by atoms with Crippen LogP contribution >= 0.6 is 0 Å². The lowest BCUT2D eigenvalue weighted by molar-refractivity contribution is 0.381. The molecule has 2 rings (SSSR count). The van der Waals surface area contributed by atoms with Crippen molar-refractivity contribution in [3.05, 3.63) is 45.9 Å². The number of anilines is 1. The van der Waals surface area contributed by atoms with Gasteiger partial charge in [-0.2, -0.15) is 5.26 Å². The molecule has 3 nitrogen and oxygen atoms in total. The standard InChI is InChI=1S/C16H12F5N3/c1-3-4-7-6(2)24-16(23)8(5-22)9(7)10-11(17)13(19)15(21)14(20)12(10)18/h3-4H2,1-2H3,(H2,23,24). The SMILES string of the molecule is CCCc1c(C)nc(N)c(C#N)c1-c1c(F)c(F)c(F)c(F)c1F. The van der Waals surface area contributed by atoms with Gasteiger partial charge in [0.15, 0.2) is 23.3 Å². The predicted octanol–water partition coefficient (Wildman–Crippen LogP) is 4.16. The van der Waals surface area contributed by atoms with E-state index in [0.29, 0.717) is 6.42 Å². The molecule has 2 aromatic rings. The number of nitrogens with two attached hydrogens (primary N) is 1. The largest absolute Gasteiger partial charge is 0.383 e. The Balaban J connectivity index is 3.05. The first kappa shape index (κ1) is 17.7. The minimum absolute atomic E-state index is 0.214. The van der Waals surface area contributed by atoms with E-state index in [1.54, 1.807) is 13.0 Å². The summed E-state index contributed by atoms with van der Waals surface area (Å²) >= 11 is 0. The fourth-order valence-corrected chi connectivity index (χ4v) is 2.53. The highest BCUT2D eigenvalue weighted by atomic mass is 19.2. The molecule has 126 valence electrons. The molecule has 0 fully saturated rings. The van der Waals surface area contributed by atoms with Gasteiger partial charge in [0.1, 0.15) is 17.5 Å². The first-order valence-corrected chi connectivity index (χ1v) is 6.97. The monoisotopic (exact) mass is 341 g/mol. The summed E-state index contributed by atoms with van der Waals surface area (Å²) in [7, 11) is 0. The molecule has 0 radical (unpaired) electrons. The van der Waals surface area contributed by atoms with Gasteiger partial charge in [0.25, 0.3) is 0 Å². The number of halogens is 5. The molecule has 0 saturated heterocycles. The highest BCUT2D eigenvalue weighted by molar-refractivity contribution is 5.80. The number of benzene rings is 1. The molecule has 0 aliphatic carbocycles. The quantitative estimate of drug-likeness (QED) is 0.518. The molecule has 0 bridgehead atoms. The normalized spacial score (nSPS) is 10.8. The summed E-state index contributed by atoms with van der Waals surface area (Å²) in [4.78, 5) is 3.92. The van der Waals surface area contributed by atoms with E-state index in [-0.39, 0.29) is 23.5 Å². The van der Waals surface area contributed by atoms with Crippen molar-refractivity contribution in [2.75, 3.05) is 5.73 Å². The average Bonchev–Trinajstić information content (AvgIpc) is 2.54. The van der Waals surface area contributed by atoms with Gasteiger partial charge in [-0.3, -0.25) is 0 Å². The van der Waals surface area contributed by atoms with Crippen LogP contribution in [0.5, 0.6) is 0 Å². The molecule has 1 aromatic carbocycles. The van der Waals surface area contributed by atoms with Gasteiger partial charge in [-0.25, -0.2) is 26.9 Å². The second-order valence-corrected chi connectivity index (χ2v) is 5.12. The molecule has 0 unspecified atom stereocenters. The highest BCUT2D eigenvalue weighted by Gasteiger charge is 2.30. The van der Waals surface area contributed by atoms with Gasteiger partial charge in [-0.15, -0.1) is 0 Å². The van der Waals surface area contributed by atoms with Gasteiger partial charge in [-0.1, -0.05) is 13.3 Å². The Morgan fingerprint density at radius 2 is 1.46 bits per heavy atom. The first-order chi connectivity index (χ1) is 11.3. The number of rotatable bonds is 3. The van der Waals surface area contributed by atoms with Crippen molar-refractivity contribution in [1.29, 1.82) is 5.26 Å². The van der Waals surface area contributed by atoms with Crippen LogP contribution in [-0.2, 0) is 6.42 Å². The zero-order valence-electron chi connectivity index (χ0n) is 12.8. The Bertz CT molecular complexity index is 842. The number of pyridine rings is 1. The van der Waals surface area contributed by atoms with Crippen molar-refractivity contribution < 1.29 is 22.0 Å². The zero-order valence-corrected chi connectivity index (χ0v) is 12.8. The number of aryl methyl sites for hydroxylation is 1. The Kier molecular flexibility index (Phi) is 4.73. The van der Waals surface area contributed by atoms with E-state index >= 15 is 0 Å². The minimum atomic E-state index is -2.26. The van der Waals surface area contributed by atoms with Crippen molar-refractivity contribution in [1.82, 2.24) is 4.98 Å². The summed E-state index contributed by atoms with van der Waals surface area (Å²) in [6.07, 6.45) is 0.725. The van der Waals surface area contributed by atoms with Crippen LogP contribution < -0.4 is 5.73 Å². The zero-order chi connectivity index (χ0) is 18.2. The molecule has 0 amide bonds. The second-order valence-electron chi connectivity index (χ2n) is 5.12. The van der Waals surface area contributed by atoms with Gasteiger partial charge >= 0.3 is 0 Å². The van der Waals surface area contributed by atoms with Gasteiger partial charge in [0, 0.05) is 11.3 Å². The number of aromatic nitrogens is 1. The summed E-state index contributed by atoms with van der Waals surface area (Å²) in [6.45, 7) is 3.24. The fourth-order valence-electron chi connectivity index (χ4n) is 2.53. The summed E-state index contributed by atoms with van der Waals surface area (Å²) in [5.41, 5.74) is 4.08. The number of nitriles is 1. The van der Waals surface area contributed by atoms with E-state index in [1.165, 1.54) is 6.92 Å². The molecule has 0 atom stereocenters. The third-order valence-electron chi connectivity index (χ3n) is 3.60. The van der Waals surface area contributed by atoms with Crippen molar-refractivity contribution in [2.45, 2.75) is 26.7 Å². The second kappa shape index (κ2) is 6.43. The maximum atomic E-state index is 14.2. The van der Waals surface area contributed by atoms with Crippen LogP contribution in [0, 0.1) is 47.3 Å². The number of hydrogen-bond acceptors (Lipinski definition) is 3. The molecule has 0 aliphatic heterocycles. The molecule has 0 spiro atoms. The number of hydrogen-bond donors (Lipinski definition) is 1. The topological polar surface area (TPSA) is 62.7 Å². The van der Waals surface area contributed by atoms with Crippen molar-refractivity contribution in [2.24, 2.45) is 0 Å². The molecule has 1 heterocycles. The van der Waals surface area contributed by atoms with E-state index < -0.39 is 45.8 Å². The van der Waals surface area contributed by atoms with Crippen LogP contribution in [0.4, 0.5) is 27.8 Å². The number of nitrogens with zero attached hydrogens (tertiary/aromatic N) is 2. The lowest BCUT2D eigenvalue weighted by Gasteiger charge is -2.17. The molecule has 2 N–H and O–H groups in total. The highest BCUT2D eigenvalue weighted by Crippen LogP contribution is 2.38. The van der Waals surface area contributed by atoms with E-state index in [1.807, 2.05) is 0 Å². The molecule has 1 aromatic heterocycles. The van der Waals surface area contributed by atoms with Gasteiger partial charge in [0.05, 0.1) is 5.56 Å². The summed E-state index contributed by atoms with van der Waals surface area (Å²) in [5, 5.41) is 9.24. The molecular formula is C16H12F5N3. The van der Waals surface area contributed by atoms with Crippen molar-refractivity contribution in [3.63, 3.8) is 0 Å². The predicted molar refractivity (Wildman–Crippen MR) is 77.3 cm³/mol. The maximum absolute atomic E-state index is 14.2. The van der Waals surface area contributed by atoms with E-state index in [4.69, 9.17) is 5.73 Å². The Hall–Kier alpha value is -2.69. The van der Waals surface area contributed by atoms with E-state index in [0.717, 1.165) is 0 Å². The summed E-state index contributed by atoms with van der Waals surface area (Å²) < 4.78 is 68.8. The Morgan fingerprint density at radius 3 is 1.92 bits per heavy atom. The summed E-state index contributed by atoms with van der Waals surface area (Å²) in [6, 6.07) is 1.64. The van der Waals surface area contributed by atoms with Crippen LogP contribution in [0.1, 0.15) is 30.2 Å². The Labute approximate surface area is 134 Å². The van der Waals surface area contributed by atoms with Crippen LogP contribution in [0.25, 0.3) is 11.1 Å². The van der Waals surface area contributed by atoms with E-state index in [9.17, 15) is 27.2 Å². The lowest BCUT2D eigenvalue weighted by Crippen LogP contribution is -2.10. The molecular weight excluding hydrogens is 329 g/mol. The van der Waals surface area contributed by atoms with Gasteiger partial charge in [0.2, 0.25) is 5.82 Å². The van der Waals surface area contributed by atoms with Gasteiger partial charge < -0.3 is 5.73 Å². The van der Waals surface area contributed by atoms with Crippen molar-refractivity contribution >= 4 is 5.82 Å². The first-order valence-electron chi connectivity index (χ1n) is 6.97. The van der Waals surface area contributed by atoms with Gasteiger partial charge in [-0.05, 0) is 18.9 Å². The van der Waals surface area contributed by atoms with Crippen LogP contribution in [0.3, 0.4) is 0 Å². The summed E-state index contributed by atoms with van der Waals surface area (Å²) in [5.74, 6) is -10.8. The van der Waals surface area contributed by atoms with E-state index in [2.05, 4.69) is 4.98 Å². The molecule has 0 saturated carbocycles. The Morgan fingerprint density at radius 1 is 0.958 bits per heavy atom. The van der Waals surface area contributed by atoms with Crippen LogP contribution in [0.15, 0.2) is 0 Å². The van der Waals surface area contributed by atoms with Crippen LogP contribution in [-0.4, -0.2) is 4.98 Å². The van der Waals surface area contributed by atoms with Crippen LogP contribution in [0.2, 0.25) is 0 Å². The third-order valence-corrected chi connectivity index (χ3v) is 3.60. The lowest BCUT2D eigenvalue weighted by atomic mass is 9.91. The van der Waals surface area contributed by atoms with Crippen molar-refractivity contribution in [3.8, 4) is 17.2 Å². The minimum Gasteiger partial charge on any atom is -0.383 e. The smallest absolute Gasteiger partial charge is 0.200 e. The molecule has 24 heavy (non-hydrogen) atoms. The third kappa shape index (κ3) is 2.56. The average molecular weight is 341 g/mol. The fraction of sp³-hybridized carbons (Fsp3) is 0.250. The molecule has 8 heteroatoms. The maximum Gasteiger partial charge on any atom is 0.200 e. The number of nitrogen functional groups attached to an aromatic ring is 1. The molecule has 0 aliphatic rings.